The van der Waals surface area contributed by atoms with Crippen molar-refractivity contribution in [3.63, 3.8) is 0 Å². The summed E-state index contributed by atoms with van der Waals surface area (Å²) in [5, 5.41) is 0. The highest BCUT2D eigenvalue weighted by Gasteiger charge is 2.12. The number of Topliss-reactive ketones (excluding diaryl/α,β-unsaturated/α-hetero) is 1. The Morgan fingerprint density at radius 2 is 1.89 bits per heavy atom. The molecule has 5 heteroatoms. The Hall–Kier alpha value is -1.75. The molecule has 0 aliphatic carbocycles. The van der Waals surface area contributed by atoms with Gasteiger partial charge in [0, 0.05) is 6.07 Å². The molecule has 0 unspecified atom stereocenters. The molecule has 0 N–H and O–H groups in total. The van der Waals surface area contributed by atoms with Gasteiger partial charge in [-0.05, 0) is 40.2 Å². The van der Waals surface area contributed by atoms with E-state index in [9.17, 15) is 13.6 Å². The first-order valence-corrected chi connectivity index (χ1v) is 6.23. The van der Waals surface area contributed by atoms with Gasteiger partial charge >= 0.3 is 0 Å². The molecule has 0 aliphatic heterocycles. The quantitative estimate of drug-likeness (QED) is 0.794. The third kappa shape index (κ3) is 3.38. The molecule has 19 heavy (non-hydrogen) atoms. The van der Waals surface area contributed by atoms with Crippen molar-refractivity contribution in [2.75, 3.05) is 6.61 Å². The maximum Gasteiger partial charge on any atom is 0.203 e. The van der Waals surface area contributed by atoms with Crippen molar-refractivity contribution in [3.8, 4) is 5.75 Å². The van der Waals surface area contributed by atoms with Gasteiger partial charge in [-0.25, -0.2) is 8.78 Å². The molecule has 0 aromatic heterocycles. The first kappa shape index (κ1) is 13.7. The molecule has 0 fully saturated rings. The summed E-state index contributed by atoms with van der Waals surface area (Å²) in [5.41, 5.74) is -0.0463. The number of hydrogen-bond acceptors (Lipinski definition) is 2. The lowest BCUT2D eigenvalue weighted by atomic mass is 10.1. The number of carbonyl (C=O) groups is 1. The molecular weight excluding hydrogens is 318 g/mol. The smallest absolute Gasteiger partial charge is 0.203 e. The molecule has 2 rings (SSSR count). The van der Waals surface area contributed by atoms with Crippen molar-refractivity contribution in [1.82, 2.24) is 0 Å². The molecule has 2 nitrogen and oxygen atoms in total. The summed E-state index contributed by atoms with van der Waals surface area (Å²) in [4.78, 5) is 11.8. The number of benzene rings is 2. The molecule has 0 saturated heterocycles. The number of carbonyl (C=O) groups excluding carboxylic acids is 1. The SMILES string of the molecule is O=C(COc1cc(F)ccc1Br)c1ccccc1F. The van der Waals surface area contributed by atoms with Gasteiger partial charge in [-0.3, -0.25) is 4.79 Å². The highest BCUT2D eigenvalue weighted by Crippen LogP contribution is 2.25. The number of halogens is 3. The molecule has 0 spiro atoms. The van der Waals surface area contributed by atoms with Gasteiger partial charge in [0.2, 0.25) is 5.78 Å². The Morgan fingerprint density at radius 1 is 1.16 bits per heavy atom. The average molecular weight is 327 g/mol. The third-order valence-corrected chi connectivity index (χ3v) is 3.08. The van der Waals surface area contributed by atoms with Gasteiger partial charge in [0.1, 0.15) is 17.4 Å². The second kappa shape index (κ2) is 5.93. The second-order valence-corrected chi connectivity index (χ2v) is 4.62. The van der Waals surface area contributed by atoms with Crippen LogP contribution >= 0.6 is 15.9 Å². The second-order valence-electron chi connectivity index (χ2n) is 3.77. The maximum atomic E-state index is 13.4. The van der Waals surface area contributed by atoms with Crippen molar-refractivity contribution in [2.45, 2.75) is 0 Å². The zero-order valence-corrected chi connectivity index (χ0v) is 11.3. The Labute approximate surface area is 117 Å². The minimum Gasteiger partial charge on any atom is -0.484 e. The van der Waals surface area contributed by atoms with Crippen LogP contribution in [0.15, 0.2) is 46.9 Å². The van der Waals surface area contributed by atoms with Crippen LogP contribution in [0.2, 0.25) is 0 Å². The molecule has 2 aromatic carbocycles. The molecule has 0 amide bonds. The van der Waals surface area contributed by atoms with E-state index in [-0.39, 0.29) is 17.9 Å². The Bertz CT molecular complexity index is 614. The van der Waals surface area contributed by atoms with E-state index in [1.165, 1.54) is 30.3 Å². The standard InChI is InChI=1S/C14H9BrF2O2/c15-11-6-5-9(16)7-14(11)19-8-13(18)10-3-1-2-4-12(10)17/h1-7H,8H2. The maximum absolute atomic E-state index is 13.4. The zero-order chi connectivity index (χ0) is 13.8. The predicted molar refractivity (Wildman–Crippen MR) is 70.3 cm³/mol. The van der Waals surface area contributed by atoms with Crippen LogP contribution < -0.4 is 4.74 Å². The van der Waals surface area contributed by atoms with Gasteiger partial charge in [-0.1, -0.05) is 12.1 Å². The molecule has 0 radical (unpaired) electrons. The third-order valence-electron chi connectivity index (χ3n) is 2.43. The number of ether oxygens (including phenoxy) is 1. The van der Waals surface area contributed by atoms with Crippen LogP contribution in [0.4, 0.5) is 8.78 Å². The van der Waals surface area contributed by atoms with Crippen molar-refractivity contribution >= 4 is 21.7 Å². The Morgan fingerprint density at radius 3 is 2.63 bits per heavy atom. The van der Waals surface area contributed by atoms with E-state index in [0.29, 0.717) is 4.47 Å². The summed E-state index contributed by atoms with van der Waals surface area (Å²) < 4.78 is 32.1. The fourth-order valence-electron chi connectivity index (χ4n) is 1.50. The van der Waals surface area contributed by atoms with Gasteiger partial charge in [-0.15, -0.1) is 0 Å². The summed E-state index contributed by atoms with van der Waals surface area (Å²) >= 11 is 3.17. The number of hydrogen-bond donors (Lipinski definition) is 0. The predicted octanol–water partition coefficient (Wildman–Crippen LogP) is 3.99. The highest BCUT2D eigenvalue weighted by molar-refractivity contribution is 9.10. The van der Waals surface area contributed by atoms with E-state index in [0.717, 1.165) is 6.07 Å². The molecule has 0 heterocycles. The van der Waals surface area contributed by atoms with Crippen LogP contribution in [0.5, 0.6) is 5.75 Å². The lowest BCUT2D eigenvalue weighted by Gasteiger charge is -2.08. The summed E-state index contributed by atoms with van der Waals surface area (Å²) in [7, 11) is 0. The summed E-state index contributed by atoms with van der Waals surface area (Å²) in [6.45, 7) is -0.358. The fourth-order valence-corrected chi connectivity index (χ4v) is 1.86. The molecular formula is C14H9BrF2O2. The van der Waals surface area contributed by atoms with E-state index in [1.807, 2.05) is 0 Å². The highest BCUT2D eigenvalue weighted by atomic mass is 79.9. The molecule has 0 saturated carbocycles. The van der Waals surface area contributed by atoms with Crippen molar-refractivity contribution in [2.24, 2.45) is 0 Å². The van der Waals surface area contributed by atoms with Crippen LogP contribution in [0, 0.1) is 11.6 Å². The molecule has 0 atom stereocenters. The van der Waals surface area contributed by atoms with Crippen molar-refractivity contribution < 1.29 is 18.3 Å². The number of ketones is 1. The van der Waals surface area contributed by atoms with E-state index < -0.39 is 17.4 Å². The van der Waals surface area contributed by atoms with Crippen LogP contribution in [0.25, 0.3) is 0 Å². The number of rotatable bonds is 4. The fraction of sp³-hybridized carbons (Fsp3) is 0.0714. The molecule has 98 valence electrons. The normalized spacial score (nSPS) is 10.3. The summed E-state index contributed by atoms with van der Waals surface area (Å²) in [6, 6.07) is 9.52. The van der Waals surface area contributed by atoms with Gasteiger partial charge < -0.3 is 4.74 Å². The zero-order valence-electron chi connectivity index (χ0n) is 9.70. The topological polar surface area (TPSA) is 26.3 Å². The Balaban J connectivity index is 2.09. The van der Waals surface area contributed by atoms with Gasteiger partial charge in [0.05, 0.1) is 10.0 Å². The lowest BCUT2D eigenvalue weighted by Crippen LogP contribution is -2.13. The van der Waals surface area contributed by atoms with E-state index in [2.05, 4.69) is 15.9 Å². The van der Waals surface area contributed by atoms with Gasteiger partial charge in [0.15, 0.2) is 6.61 Å². The van der Waals surface area contributed by atoms with Crippen LogP contribution in [-0.2, 0) is 0 Å². The van der Waals surface area contributed by atoms with E-state index in [1.54, 1.807) is 6.07 Å². The molecule has 2 aromatic rings. The monoisotopic (exact) mass is 326 g/mol. The van der Waals surface area contributed by atoms with E-state index in [4.69, 9.17) is 4.74 Å². The van der Waals surface area contributed by atoms with Gasteiger partial charge in [0.25, 0.3) is 0 Å². The van der Waals surface area contributed by atoms with Crippen LogP contribution in [0.3, 0.4) is 0 Å². The van der Waals surface area contributed by atoms with Crippen LogP contribution in [-0.4, -0.2) is 12.4 Å². The van der Waals surface area contributed by atoms with Crippen molar-refractivity contribution in [1.29, 1.82) is 0 Å². The largest absolute Gasteiger partial charge is 0.484 e. The summed E-state index contributed by atoms with van der Waals surface area (Å²) in [5.74, 6) is -1.38. The molecule has 0 aliphatic rings. The lowest BCUT2D eigenvalue weighted by molar-refractivity contribution is 0.0916. The minimum absolute atomic E-state index is 0.0463. The Kier molecular flexibility index (Phi) is 4.27. The average Bonchev–Trinajstić information content (AvgIpc) is 2.40. The first-order valence-electron chi connectivity index (χ1n) is 5.43. The van der Waals surface area contributed by atoms with E-state index >= 15 is 0 Å². The summed E-state index contributed by atoms with van der Waals surface area (Å²) in [6.07, 6.45) is 0. The minimum atomic E-state index is -0.602. The first-order chi connectivity index (χ1) is 9.08. The van der Waals surface area contributed by atoms with Crippen molar-refractivity contribution in [3.05, 3.63) is 64.1 Å². The van der Waals surface area contributed by atoms with Gasteiger partial charge in [-0.2, -0.15) is 0 Å². The molecule has 0 bridgehead atoms. The van der Waals surface area contributed by atoms with Crippen LogP contribution in [0.1, 0.15) is 10.4 Å².